The molecular formula is C27H23NO5. The van der Waals surface area contributed by atoms with Crippen molar-refractivity contribution in [1.29, 1.82) is 0 Å². The van der Waals surface area contributed by atoms with Crippen molar-refractivity contribution in [1.82, 2.24) is 4.90 Å². The molecule has 0 bridgehead atoms. The summed E-state index contributed by atoms with van der Waals surface area (Å²) >= 11 is 0. The number of benzene rings is 3. The first-order valence-electron chi connectivity index (χ1n) is 10.4. The van der Waals surface area contributed by atoms with Crippen molar-refractivity contribution in [2.24, 2.45) is 0 Å². The monoisotopic (exact) mass is 441 g/mol. The molecule has 0 spiro atoms. The first kappa shape index (κ1) is 21.9. The minimum absolute atomic E-state index is 0.0177. The minimum atomic E-state index is -0.847. The summed E-state index contributed by atoms with van der Waals surface area (Å²) in [7, 11) is 1.42. The van der Waals surface area contributed by atoms with Crippen LogP contribution in [0.3, 0.4) is 0 Å². The van der Waals surface area contributed by atoms with E-state index in [2.05, 4.69) is 0 Å². The number of rotatable bonds is 7. The number of hydrogen-bond acceptors (Lipinski definition) is 5. The molecule has 6 nitrogen and oxygen atoms in total. The molecule has 2 N–H and O–H groups in total. The van der Waals surface area contributed by atoms with Crippen LogP contribution in [0.1, 0.15) is 22.7 Å². The number of ether oxygens (including phenoxy) is 1. The van der Waals surface area contributed by atoms with Crippen molar-refractivity contribution in [3.63, 3.8) is 0 Å². The normalized spacial score (nSPS) is 16.0. The molecule has 0 saturated carbocycles. The van der Waals surface area contributed by atoms with Gasteiger partial charge in [-0.25, -0.2) is 0 Å². The van der Waals surface area contributed by atoms with Gasteiger partial charge in [0.2, 0.25) is 0 Å². The molecule has 33 heavy (non-hydrogen) atoms. The molecule has 1 amide bonds. The molecule has 0 saturated heterocycles. The van der Waals surface area contributed by atoms with Gasteiger partial charge >= 0.3 is 0 Å². The number of phenolic OH excluding ortho intramolecular Hbond substituents is 1. The number of hydrogen-bond donors (Lipinski definition) is 2. The fourth-order valence-electron chi connectivity index (χ4n) is 3.89. The molecule has 0 radical (unpaired) electrons. The number of allylic oxidation sites excluding steroid dienone is 1. The van der Waals surface area contributed by atoms with E-state index in [1.807, 2.05) is 60.7 Å². The largest absolute Gasteiger partial charge is 0.504 e. The van der Waals surface area contributed by atoms with Crippen molar-refractivity contribution in [2.75, 3.05) is 7.11 Å². The van der Waals surface area contributed by atoms with Crippen LogP contribution in [0.5, 0.6) is 11.5 Å². The standard InChI is InChI=1S/C27H23NO5/c1-33-23-16-20(13-15-21(23)29)25-24(22(30)14-12-18-8-4-2-5-9-18)26(31)27(32)28(25)17-19-10-6-3-7-11-19/h2-16,25,29,31H,17H2,1H3/b14-12+. The van der Waals surface area contributed by atoms with Crippen molar-refractivity contribution < 1.29 is 24.5 Å². The smallest absolute Gasteiger partial charge is 0.290 e. The Hall–Kier alpha value is -4.32. The lowest BCUT2D eigenvalue weighted by Gasteiger charge is -2.27. The van der Waals surface area contributed by atoms with E-state index in [0.29, 0.717) is 5.56 Å². The number of phenols is 1. The summed E-state index contributed by atoms with van der Waals surface area (Å²) in [5.74, 6) is -1.54. The lowest BCUT2D eigenvalue weighted by Crippen LogP contribution is -2.30. The molecule has 1 atom stereocenters. The summed E-state index contributed by atoms with van der Waals surface area (Å²) < 4.78 is 5.22. The van der Waals surface area contributed by atoms with Gasteiger partial charge in [-0.2, -0.15) is 0 Å². The number of aliphatic hydroxyl groups excluding tert-OH is 1. The minimum Gasteiger partial charge on any atom is -0.504 e. The van der Waals surface area contributed by atoms with E-state index in [-0.39, 0.29) is 23.6 Å². The van der Waals surface area contributed by atoms with E-state index < -0.39 is 23.5 Å². The highest BCUT2D eigenvalue weighted by Gasteiger charge is 2.43. The number of carbonyl (C=O) groups is 2. The first-order chi connectivity index (χ1) is 16.0. The van der Waals surface area contributed by atoms with Gasteiger partial charge in [-0.15, -0.1) is 0 Å². The van der Waals surface area contributed by atoms with Crippen LogP contribution >= 0.6 is 0 Å². The number of aromatic hydroxyl groups is 1. The summed E-state index contributed by atoms with van der Waals surface area (Å²) in [6.45, 7) is 0.191. The van der Waals surface area contributed by atoms with Gasteiger partial charge in [0.05, 0.1) is 18.7 Å². The van der Waals surface area contributed by atoms with Crippen LogP contribution in [0, 0.1) is 0 Å². The Morgan fingerprint density at radius 1 is 1.00 bits per heavy atom. The van der Waals surface area contributed by atoms with E-state index in [9.17, 15) is 19.8 Å². The van der Waals surface area contributed by atoms with Gasteiger partial charge in [-0.1, -0.05) is 72.8 Å². The molecule has 1 aliphatic heterocycles. The number of nitrogens with zero attached hydrogens (tertiary/aromatic N) is 1. The maximum absolute atomic E-state index is 13.2. The number of aliphatic hydroxyl groups is 1. The third-order valence-electron chi connectivity index (χ3n) is 5.51. The predicted molar refractivity (Wildman–Crippen MR) is 125 cm³/mol. The number of amides is 1. The average Bonchev–Trinajstić information content (AvgIpc) is 3.09. The average molecular weight is 441 g/mol. The van der Waals surface area contributed by atoms with Crippen LogP contribution in [0.25, 0.3) is 6.08 Å². The van der Waals surface area contributed by atoms with Gasteiger partial charge in [0.25, 0.3) is 5.91 Å². The first-order valence-corrected chi connectivity index (χ1v) is 10.4. The summed E-state index contributed by atoms with van der Waals surface area (Å²) in [5.41, 5.74) is 2.19. The molecule has 0 aliphatic carbocycles. The van der Waals surface area contributed by atoms with E-state index in [1.54, 1.807) is 18.2 Å². The molecule has 4 rings (SSSR count). The highest BCUT2D eigenvalue weighted by atomic mass is 16.5. The summed E-state index contributed by atoms with van der Waals surface area (Å²) in [6, 6.07) is 22.4. The Morgan fingerprint density at radius 2 is 1.67 bits per heavy atom. The molecule has 6 heteroatoms. The molecule has 166 valence electrons. The Morgan fingerprint density at radius 3 is 2.33 bits per heavy atom. The van der Waals surface area contributed by atoms with Crippen LogP contribution in [0.4, 0.5) is 0 Å². The second kappa shape index (κ2) is 9.44. The number of ketones is 1. The Bertz CT molecular complexity index is 1230. The van der Waals surface area contributed by atoms with Crippen LogP contribution in [-0.2, 0) is 16.1 Å². The summed E-state index contributed by atoms with van der Waals surface area (Å²) in [5, 5.41) is 20.8. The lowest BCUT2D eigenvalue weighted by molar-refractivity contribution is -0.130. The quantitative estimate of drug-likeness (QED) is 0.524. The number of methoxy groups -OCH3 is 1. The molecule has 3 aromatic carbocycles. The van der Waals surface area contributed by atoms with E-state index in [4.69, 9.17) is 4.74 Å². The van der Waals surface area contributed by atoms with Crippen molar-refractivity contribution in [3.05, 3.63) is 113 Å². The van der Waals surface area contributed by atoms with Crippen LogP contribution in [0.2, 0.25) is 0 Å². The Labute approximate surface area is 191 Å². The molecule has 1 unspecified atom stereocenters. The van der Waals surface area contributed by atoms with E-state index in [1.165, 1.54) is 24.2 Å². The van der Waals surface area contributed by atoms with Crippen molar-refractivity contribution in [2.45, 2.75) is 12.6 Å². The van der Waals surface area contributed by atoms with Crippen LogP contribution < -0.4 is 4.74 Å². The lowest BCUT2D eigenvalue weighted by atomic mass is 9.95. The van der Waals surface area contributed by atoms with Gasteiger partial charge in [-0.05, 0) is 34.9 Å². The third kappa shape index (κ3) is 4.50. The molecule has 3 aromatic rings. The van der Waals surface area contributed by atoms with Gasteiger partial charge in [0.15, 0.2) is 23.0 Å². The zero-order valence-electron chi connectivity index (χ0n) is 18.0. The summed E-state index contributed by atoms with van der Waals surface area (Å²) in [4.78, 5) is 27.7. The molecule has 1 heterocycles. The Balaban J connectivity index is 1.76. The van der Waals surface area contributed by atoms with E-state index >= 15 is 0 Å². The maximum Gasteiger partial charge on any atom is 0.290 e. The number of carbonyl (C=O) groups excluding carboxylic acids is 2. The predicted octanol–water partition coefficient (Wildman–Crippen LogP) is 4.58. The highest BCUT2D eigenvalue weighted by Crippen LogP contribution is 2.41. The fraction of sp³-hybridized carbons (Fsp3) is 0.111. The SMILES string of the molecule is COc1cc(C2C(C(=O)/C=C/c3ccccc3)=C(O)C(=O)N2Cc2ccccc2)ccc1O. The van der Waals surface area contributed by atoms with Crippen molar-refractivity contribution >= 4 is 17.8 Å². The highest BCUT2D eigenvalue weighted by molar-refractivity contribution is 6.14. The molecule has 1 aliphatic rings. The van der Waals surface area contributed by atoms with Gasteiger partial charge in [0, 0.05) is 6.54 Å². The summed E-state index contributed by atoms with van der Waals surface area (Å²) in [6.07, 6.45) is 2.99. The Kier molecular flexibility index (Phi) is 6.26. The third-order valence-corrected chi connectivity index (χ3v) is 5.51. The van der Waals surface area contributed by atoms with E-state index in [0.717, 1.165) is 11.1 Å². The van der Waals surface area contributed by atoms with Gasteiger partial charge in [-0.3, -0.25) is 9.59 Å². The zero-order chi connectivity index (χ0) is 23.4. The second-order valence-electron chi connectivity index (χ2n) is 7.62. The maximum atomic E-state index is 13.2. The molecular weight excluding hydrogens is 418 g/mol. The van der Waals surface area contributed by atoms with Crippen LogP contribution in [0.15, 0.2) is 96.3 Å². The van der Waals surface area contributed by atoms with Crippen LogP contribution in [-0.4, -0.2) is 33.9 Å². The van der Waals surface area contributed by atoms with Gasteiger partial charge < -0.3 is 19.8 Å². The fourth-order valence-corrected chi connectivity index (χ4v) is 3.89. The molecule has 0 fully saturated rings. The molecule has 0 aromatic heterocycles. The topological polar surface area (TPSA) is 87.1 Å². The zero-order valence-corrected chi connectivity index (χ0v) is 18.0. The second-order valence-corrected chi connectivity index (χ2v) is 7.62. The van der Waals surface area contributed by atoms with Crippen molar-refractivity contribution in [3.8, 4) is 11.5 Å². The van der Waals surface area contributed by atoms with Gasteiger partial charge in [0.1, 0.15) is 0 Å².